The molecule has 2 aromatic heterocycles. The smallest absolute Gasteiger partial charge is 0.115 e. The minimum Gasteiger partial charge on any atom is -0.388 e. The van der Waals surface area contributed by atoms with Crippen LogP contribution in [0.2, 0.25) is 0 Å². The van der Waals surface area contributed by atoms with Crippen molar-refractivity contribution >= 4 is 11.3 Å². The highest BCUT2D eigenvalue weighted by Crippen LogP contribution is 2.42. The standard InChI is InChI=1S/C16H22N2OS/c1-4-12(15-17-6-8-20-15)18-7-5-11-13(18)9-16(2,3)10-14(11)19/h5-8,12,14,19H,4,9-10H2,1-3H3. The molecule has 0 saturated carbocycles. The SMILES string of the molecule is CCC(c1nccs1)n1ccc2c1CC(C)(C)CC2O. The zero-order valence-electron chi connectivity index (χ0n) is 12.3. The monoisotopic (exact) mass is 290 g/mol. The molecule has 2 unspecified atom stereocenters. The zero-order chi connectivity index (χ0) is 14.3. The maximum Gasteiger partial charge on any atom is 0.115 e. The summed E-state index contributed by atoms with van der Waals surface area (Å²) in [4.78, 5) is 4.48. The summed E-state index contributed by atoms with van der Waals surface area (Å²) in [5.41, 5.74) is 2.55. The van der Waals surface area contributed by atoms with Crippen molar-refractivity contribution in [3.05, 3.63) is 40.1 Å². The van der Waals surface area contributed by atoms with E-state index in [1.807, 2.05) is 11.6 Å². The Labute approximate surface area is 124 Å². The Hall–Kier alpha value is -1.13. The number of aliphatic hydroxyl groups is 1. The molecule has 2 heterocycles. The minimum atomic E-state index is -0.330. The van der Waals surface area contributed by atoms with Crippen LogP contribution in [-0.2, 0) is 6.42 Å². The van der Waals surface area contributed by atoms with Crippen molar-refractivity contribution in [2.45, 2.75) is 52.2 Å². The molecule has 1 N–H and O–H groups in total. The van der Waals surface area contributed by atoms with Crippen LogP contribution in [0.3, 0.4) is 0 Å². The van der Waals surface area contributed by atoms with Crippen molar-refractivity contribution in [3.8, 4) is 0 Å². The number of fused-ring (bicyclic) bond motifs is 1. The fourth-order valence-corrected chi connectivity index (χ4v) is 4.15. The lowest BCUT2D eigenvalue weighted by molar-refractivity contribution is 0.0976. The highest BCUT2D eigenvalue weighted by molar-refractivity contribution is 7.09. The molecule has 108 valence electrons. The molecule has 0 radical (unpaired) electrons. The third kappa shape index (κ3) is 2.31. The van der Waals surface area contributed by atoms with Crippen LogP contribution in [0.15, 0.2) is 23.8 Å². The summed E-state index contributed by atoms with van der Waals surface area (Å²) < 4.78 is 2.33. The number of hydrogen-bond donors (Lipinski definition) is 1. The second-order valence-electron chi connectivity index (χ2n) is 6.48. The van der Waals surface area contributed by atoms with E-state index in [4.69, 9.17) is 0 Å². The van der Waals surface area contributed by atoms with Crippen molar-refractivity contribution in [2.75, 3.05) is 0 Å². The fraction of sp³-hybridized carbons (Fsp3) is 0.562. The van der Waals surface area contributed by atoms with Gasteiger partial charge in [-0.2, -0.15) is 0 Å². The molecule has 0 amide bonds. The molecule has 2 atom stereocenters. The summed E-state index contributed by atoms with van der Waals surface area (Å²) >= 11 is 1.71. The molecule has 0 aromatic carbocycles. The quantitative estimate of drug-likeness (QED) is 0.929. The van der Waals surface area contributed by atoms with E-state index in [0.717, 1.165) is 29.8 Å². The average molecular weight is 290 g/mol. The molecule has 0 saturated heterocycles. The van der Waals surface area contributed by atoms with Crippen molar-refractivity contribution < 1.29 is 5.11 Å². The molecule has 1 aliphatic rings. The van der Waals surface area contributed by atoms with Crippen LogP contribution in [0.4, 0.5) is 0 Å². The predicted octanol–water partition coefficient (Wildman–Crippen LogP) is 3.95. The molecular weight excluding hydrogens is 268 g/mol. The largest absolute Gasteiger partial charge is 0.388 e. The Bertz CT molecular complexity index is 586. The molecule has 0 fully saturated rings. The van der Waals surface area contributed by atoms with Gasteiger partial charge in [0.05, 0.1) is 12.1 Å². The number of aromatic nitrogens is 2. The van der Waals surface area contributed by atoms with Crippen LogP contribution in [0.5, 0.6) is 0 Å². The lowest BCUT2D eigenvalue weighted by atomic mass is 9.75. The van der Waals surface area contributed by atoms with Crippen LogP contribution in [0.25, 0.3) is 0 Å². The van der Waals surface area contributed by atoms with E-state index in [2.05, 4.69) is 42.6 Å². The highest BCUT2D eigenvalue weighted by atomic mass is 32.1. The average Bonchev–Trinajstić information content (AvgIpc) is 3.00. The van der Waals surface area contributed by atoms with E-state index >= 15 is 0 Å². The topological polar surface area (TPSA) is 38.0 Å². The van der Waals surface area contributed by atoms with Gasteiger partial charge in [0.25, 0.3) is 0 Å². The zero-order valence-corrected chi connectivity index (χ0v) is 13.2. The van der Waals surface area contributed by atoms with Gasteiger partial charge in [-0.15, -0.1) is 11.3 Å². The van der Waals surface area contributed by atoms with E-state index in [1.54, 1.807) is 11.3 Å². The van der Waals surface area contributed by atoms with Gasteiger partial charge >= 0.3 is 0 Å². The van der Waals surface area contributed by atoms with Gasteiger partial charge in [0.2, 0.25) is 0 Å². The number of hydrogen-bond acceptors (Lipinski definition) is 3. The molecule has 20 heavy (non-hydrogen) atoms. The van der Waals surface area contributed by atoms with E-state index in [9.17, 15) is 5.11 Å². The third-order valence-corrected chi connectivity index (χ3v) is 5.15. The fourth-order valence-electron chi connectivity index (χ4n) is 3.33. The number of aliphatic hydroxyl groups excluding tert-OH is 1. The molecular formula is C16H22N2OS. The first-order valence-corrected chi connectivity index (χ1v) is 8.17. The summed E-state index contributed by atoms with van der Waals surface area (Å²) in [6.45, 7) is 6.67. The minimum absolute atomic E-state index is 0.156. The first-order chi connectivity index (χ1) is 9.52. The predicted molar refractivity (Wildman–Crippen MR) is 82.0 cm³/mol. The Morgan fingerprint density at radius 1 is 1.55 bits per heavy atom. The van der Waals surface area contributed by atoms with Crippen molar-refractivity contribution in [1.29, 1.82) is 0 Å². The lowest BCUT2D eigenvalue weighted by Crippen LogP contribution is -2.27. The van der Waals surface area contributed by atoms with Gasteiger partial charge in [-0.25, -0.2) is 4.98 Å². The first-order valence-electron chi connectivity index (χ1n) is 7.29. The van der Waals surface area contributed by atoms with E-state index in [-0.39, 0.29) is 11.5 Å². The van der Waals surface area contributed by atoms with Gasteiger partial charge in [-0.05, 0) is 30.7 Å². The Morgan fingerprint density at radius 3 is 3.00 bits per heavy atom. The molecule has 0 bridgehead atoms. The Balaban J connectivity index is 2.04. The summed E-state index contributed by atoms with van der Waals surface area (Å²) in [7, 11) is 0. The summed E-state index contributed by atoms with van der Waals surface area (Å²) in [6, 6.07) is 2.38. The van der Waals surface area contributed by atoms with Gasteiger partial charge in [-0.3, -0.25) is 0 Å². The third-order valence-electron chi connectivity index (χ3n) is 4.27. The maximum absolute atomic E-state index is 10.4. The van der Waals surface area contributed by atoms with E-state index in [1.165, 1.54) is 5.69 Å². The molecule has 3 rings (SSSR count). The van der Waals surface area contributed by atoms with Gasteiger partial charge in [0.15, 0.2) is 0 Å². The first kappa shape index (κ1) is 13.8. The molecule has 4 heteroatoms. The molecule has 2 aromatic rings. The molecule has 0 aliphatic heterocycles. The van der Waals surface area contributed by atoms with E-state index < -0.39 is 0 Å². The van der Waals surface area contributed by atoms with Gasteiger partial charge in [0.1, 0.15) is 5.01 Å². The van der Waals surface area contributed by atoms with Crippen LogP contribution in [0, 0.1) is 5.41 Å². The molecule has 0 spiro atoms. The molecule has 1 aliphatic carbocycles. The number of nitrogens with zero attached hydrogens (tertiary/aromatic N) is 2. The van der Waals surface area contributed by atoms with Gasteiger partial charge in [-0.1, -0.05) is 20.8 Å². The van der Waals surface area contributed by atoms with Crippen LogP contribution in [-0.4, -0.2) is 14.7 Å². The second-order valence-corrected chi connectivity index (χ2v) is 7.41. The molecule has 3 nitrogen and oxygen atoms in total. The number of thiazole rings is 1. The Morgan fingerprint density at radius 2 is 2.35 bits per heavy atom. The van der Waals surface area contributed by atoms with Crippen molar-refractivity contribution in [2.24, 2.45) is 5.41 Å². The van der Waals surface area contributed by atoms with E-state index in [0.29, 0.717) is 6.04 Å². The maximum atomic E-state index is 10.4. The van der Waals surface area contributed by atoms with Gasteiger partial charge < -0.3 is 9.67 Å². The highest BCUT2D eigenvalue weighted by Gasteiger charge is 2.34. The Kier molecular flexibility index (Phi) is 3.46. The summed E-state index contributed by atoms with van der Waals surface area (Å²) in [6.07, 6.45) is 6.56. The normalized spacial score (nSPS) is 22.5. The van der Waals surface area contributed by atoms with Crippen molar-refractivity contribution in [1.82, 2.24) is 9.55 Å². The summed E-state index contributed by atoms with van der Waals surface area (Å²) in [5.74, 6) is 0. The summed E-state index contributed by atoms with van der Waals surface area (Å²) in [5, 5.41) is 13.6. The van der Waals surface area contributed by atoms with Crippen LogP contribution < -0.4 is 0 Å². The van der Waals surface area contributed by atoms with Crippen LogP contribution >= 0.6 is 11.3 Å². The van der Waals surface area contributed by atoms with Gasteiger partial charge in [0, 0.05) is 29.0 Å². The van der Waals surface area contributed by atoms with Crippen molar-refractivity contribution in [3.63, 3.8) is 0 Å². The number of rotatable bonds is 3. The lowest BCUT2D eigenvalue weighted by Gasteiger charge is -2.34. The second kappa shape index (κ2) is 5.01. The van der Waals surface area contributed by atoms with Crippen LogP contribution in [0.1, 0.15) is 62.0 Å².